The number of hydrogen-bond donors (Lipinski definition) is 1. The zero-order valence-electron chi connectivity index (χ0n) is 11.2. The molecule has 0 saturated heterocycles. The molecule has 1 aliphatic heterocycles. The second-order valence-corrected chi connectivity index (χ2v) is 5.63. The molecule has 0 aromatic heterocycles. The first-order chi connectivity index (χ1) is 9.11. The summed E-state index contributed by atoms with van der Waals surface area (Å²) in [5.41, 5.74) is 0.836. The molecular weight excluding hydrogens is 260 g/mol. The van der Waals surface area contributed by atoms with Crippen molar-refractivity contribution in [1.82, 2.24) is 5.32 Å². The molecule has 1 aromatic carbocycles. The smallest absolute Gasteiger partial charge is 0.240 e. The van der Waals surface area contributed by atoms with Crippen molar-refractivity contribution < 1.29 is 9.59 Å². The van der Waals surface area contributed by atoms with Crippen molar-refractivity contribution in [2.45, 2.75) is 31.2 Å². The topological polar surface area (TPSA) is 49.4 Å². The minimum Gasteiger partial charge on any atom is -0.352 e. The Bertz CT molecular complexity index is 490. The number of amides is 2. The third kappa shape index (κ3) is 3.29. The molecule has 1 atom stereocenters. The largest absolute Gasteiger partial charge is 0.352 e. The van der Waals surface area contributed by atoms with E-state index in [0.29, 0.717) is 5.75 Å². The van der Waals surface area contributed by atoms with Crippen LogP contribution in [-0.4, -0.2) is 30.2 Å². The lowest BCUT2D eigenvalue weighted by Crippen LogP contribution is -2.45. The van der Waals surface area contributed by atoms with Crippen LogP contribution in [-0.2, 0) is 9.59 Å². The first-order valence-corrected chi connectivity index (χ1v) is 7.42. The highest BCUT2D eigenvalue weighted by Crippen LogP contribution is 2.34. The molecule has 0 radical (unpaired) electrons. The van der Waals surface area contributed by atoms with Crippen molar-refractivity contribution in [3.05, 3.63) is 24.3 Å². The van der Waals surface area contributed by atoms with Crippen LogP contribution in [0.25, 0.3) is 0 Å². The fraction of sp³-hybridized carbons (Fsp3) is 0.429. The Balaban J connectivity index is 2.11. The van der Waals surface area contributed by atoms with Crippen LogP contribution in [0.15, 0.2) is 29.2 Å². The number of nitrogens with zero attached hydrogens (tertiary/aromatic N) is 1. The van der Waals surface area contributed by atoms with Crippen LogP contribution < -0.4 is 10.2 Å². The second-order valence-electron chi connectivity index (χ2n) is 4.61. The van der Waals surface area contributed by atoms with Crippen molar-refractivity contribution in [3.8, 4) is 0 Å². The highest BCUT2D eigenvalue weighted by Gasteiger charge is 2.26. The molecule has 1 unspecified atom stereocenters. The molecule has 0 aliphatic carbocycles. The average Bonchev–Trinajstić information content (AvgIpc) is 2.42. The molecule has 0 spiro atoms. The van der Waals surface area contributed by atoms with Crippen molar-refractivity contribution in [2.24, 2.45) is 0 Å². The fourth-order valence-corrected chi connectivity index (χ4v) is 2.83. The van der Waals surface area contributed by atoms with Gasteiger partial charge in [-0.15, -0.1) is 11.8 Å². The highest BCUT2D eigenvalue weighted by atomic mass is 32.2. The summed E-state index contributed by atoms with van der Waals surface area (Å²) in [5.74, 6) is 0.278. The lowest BCUT2D eigenvalue weighted by atomic mass is 10.2. The molecule has 0 saturated carbocycles. The Kier molecular flexibility index (Phi) is 4.47. The van der Waals surface area contributed by atoms with E-state index in [-0.39, 0.29) is 24.4 Å². The van der Waals surface area contributed by atoms with Crippen LogP contribution in [0.1, 0.15) is 20.3 Å². The van der Waals surface area contributed by atoms with E-state index in [1.54, 1.807) is 4.90 Å². The molecule has 5 heteroatoms. The molecule has 0 fully saturated rings. The summed E-state index contributed by atoms with van der Waals surface area (Å²) in [4.78, 5) is 26.5. The van der Waals surface area contributed by atoms with Gasteiger partial charge in [-0.1, -0.05) is 19.1 Å². The Morgan fingerprint density at radius 2 is 2.21 bits per heavy atom. The van der Waals surface area contributed by atoms with E-state index < -0.39 is 0 Å². The van der Waals surface area contributed by atoms with E-state index in [2.05, 4.69) is 5.32 Å². The summed E-state index contributed by atoms with van der Waals surface area (Å²) in [6.45, 7) is 4.07. The minimum absolute atomic E-state index is 0.0111. The van der Waals surface area contributed by atoms with E-state index in [4.69, 9.17) is 0 Å². The number of fused-ring (bicyclic) bond motifs is 1. The summed E-state index contributed by atoms with van der Waals surface area (Å²) in [5, 5.41) is 2.89. The van der Waals surface area contributed by atoms with Gasteiger partial charge in [-0.3, -0.25) is 9.59 Å². The van der Waals surface area contributed by atoms with Crippen LogP contribution in [0.4, 0.5) is 5.69 Å². The SMILES string of the molecule is CCC(C)NC(=O)CN1C(=O)CSc2ccccc21. The van der Waals surface area contributed by atoms with Crippen molar-refractivity contribution in [2.75, 3.05) is 17.2 Å². The monoisotopic (exact) mass is 278 g/mol. The summed E-state index contributed by atoms with van der Waals surface area (Å²) in [6, 6.07) is 7.83. The van der Waals surface area contributed by atoms with E-state index in [0.717, 1.165) is 17.0 Å². The number of hydrogen-bond acceptors (Lipinski definition) is 3. The fourth-order valence-electron chi connectivity index (χ4n) is 1.89. The van der Waals surface area contributed by atoms with Crippen LogP contribution in [0, 0.1) is 0 Å². The second kappa shape index (κ2) is 6.10. The Hall–Kier alpha value is -1.49. The Morgan fingerprint density at radius 1 is 1.47 bits per heavy atom. The maximum Gasteiger partial charge on any atom is 0.240 e. The zero-order chi connectivity index (χ0) is 13.8. The quantitative estimate of drug-likeness (QED) is 0.917. The van der Waals surface area contributed by atoms with E-state index >= 15 is 0 Å². The maximum absolute atomic E-state index is 12.0. The highest BCUT2D eigenvalue weighted by molar-refractivity contribution is 8.00. The first kappa shape index (κ1) is 13.9. The number of rotatable bonds is 4. The van der Waals surface area contributed by atoms with Gasteiger partial charge < -0.3 is 10.2 Å². The normalized spacial score (nSPS) is 15.9. The van der Waals surface area contributed by atoms with Gasteiger partial charge in [-0.05, 0) is 25.5 Å². The molecule has 102 valence electrons. The molecule has 1 aliphatic rings. The minimum atomic E-state index is -0.107. The number of carbonyl (C=O) groups is 2. The van der Waals surface area contributed by atoms with E-state index in [9.17, 15) is 9.59 Å². The third-order valence-electron chi connectivity index (χ3n) is 3.13. The number of benzene rings is 1. The zero-order valence-corrected chi connectivity index (χ0v) is 12.0. The molecule has 1 N–H and O–H groups in total. The predicted molar refractivity (Wildman–Crippen MR) is 77.4 cm³/mol. The summed E-state index contributed by atoms with van der Waals surface area (Å²) in [6.07, 6.45) is 0.881. The van der Waals surface area contributed by atoms with Gasteiger partial charge in [0.15, 0.2) is 0 Å². The Labute approximate surface area is 117 Å². The predicted octanol–water partition coefficient (Wildman–Crippen LogP) is 2.04. The summed E-state index contributed by atoms with van der Waals surface area (Å²) in [7, 11) is 0. The van der Waals surface area contributed by atoms with Gasteiger partial charge in [0, 0.05) is 10.9 Å². The van der Waals surface area contributed by atoms with Gasteiger partial charge in [-0.2, -0.15) is 0 Å². The van der Waals surface area contributed by atoms with Crippen molar-refractivity contribution >= 4 is 29.3 Å². The number of para-hydroxylation sites is 1. The van der Waals surface area contributed by atoms with E-state index in [1.807, 2.05) is 38.1 Å². The maximum atomic E-state index is 12.0. The molecule has 0 bridgehead atoms. The molecule has 4 nitrogen and oxygen atoms in total. The number of thioether (sulfide) groups is 1. The lowest BCUT2D eigenvalue weighted by Gasteiger charge is -2.28. The summed E-state index contributed by atoms with van der Waals surface area (Å²) >= 11 is 1.52. The van der Waals surface area contributed by atoms with Gasteiger partial charge >= 0.3 is 0 Å². The van der Waals surface area contributed by atoms with Crippen LogP contribution in [0.5, 0.6) is 0 Å². The average molecular weight is 278 g/mol. The molecular formula is C14H18N2O2S. The van der Waals surface area contributed by atoms with Crippen molar-refractivity contribution in [3.63, 3.8) is 0 Å². The summed E-state index contributed by atoms with van der Waals surface area (Å²) < 4.78 is 0. The lowest BCUT2D eigenvalue weighted by molar-refractivity contribution is -0.123. The number of carbonyl (C=O) groups excluding carboxylic acids is 2. The van der Waals surface area contributed by atoms with Crippen LogP contribution in [0.2, 0.25) is 0 Å². The van der Waals surface area contributed by atoms with Crippen LogP contribution >= 0.6 is 11.8 Å². The molecule has 2 amide bonds. The van der Waals surface area contributed by atoms with E-state index in [1.165, 1.54) is 11.8 Å². The van der Waals surface area contributed by atoms with Gasteiger partial charge in [0.25, 0.3) is 0 Å². The number of anilines is 1. The molecule has 1 heterocycles. The van der Waals surface area contributed by atoms with Gasteiger partial charge in [-0.25, -0.2) is 0 Å². The Morgan fingerprint density at radius 3 is 2.95 bits per heavy atom. The molecule has 2 rings (SSSR count). The van der Waals surface area contributed by atoms with Gasteiger partial charge in [0.1, 0.15) is 6.54 Å². The molecule has 1 aromatic rings. The number of nitrogens with one attached hydrogen (secondary N) is 1. The van der Waals surface area contributed by atoms with Gasteiger partial charge in [0.05, 0.1) is 11.4 Å². The standard InChI is InChI=1S/C14H18N2O2S/c1-3-10(2)15-13(17)8-16-11-6-4-5-7-12(11)19-9-14(16)18/h4-7,10H,3,8-9H2,1-2H3,(H,15,17). The molecule has 19 heavy (non-hydrogen) atoms. The van der Waals surface area contributed by atoms with Gasteiger partial charge in [0.2, 0.25) is 11.8 Å². The van der Waals surface area contributed by atoms with Crippen LogP contribution in [0.3, 0.4) is 0 Å². The van der Waals surface area contributed by atoms with Crippen molar-refractivity contribution in [1.29, 1.82) is 0 Å². The first-order valence-electron chi connectivity index (χ1n) is 6.43. The third-order valence-corrected chi connectivity index (χ3v) is 4.18.